The van der Waals surface area contributed by atoms with Gasteiger partial charge >= 0.3 is 6.18 Å². The number of amides is 1. The summed E-state index contributed by atoms with van der Waals surface area (Å²) in [6.45, 7) is 0. The van der Waals surface area contributed by atoms with Gasteiger partial charge in [0.25, 0.3) is 5.91 Å². The molecule has 0 radical (unpaired) electrons. The SMILES string of the molecule is O=C(Nc1ccccc1NSc1cccs1)c1ccc(C(F)(F)F)cc1. The van der Waals surface area contributed by atoms with Crippen LogP contribution in [0.4, 0.5) is 24.5 Å². The summed E-state index contributed by atoms with van der Waals surface area (Å²) in [4.78, 5) is 12.3. The lowest BCUT2D eigenvalue weighted by Crippen LogP contribution is -2.13. The van der Waals surface area contributed by atoms with Gasteiger partial charge in [-0.1, -0.05) is 18.2 Å². The second kappa shape index (κ2) is 7.84. The van der Waals surface area contributed by atoms with Crippen LogP contribution in [0.2, 0.25) is 0 Å². The Kier molecular flexibility index (Phi) is 5.53. The Hall–Kier alpha value is -2.45. The summed E-state index contributed by atoms with van der Waals surface area (Å²) >= 11 is 3.00. The quantitative estimate of drug-likeness (QED) is 0.511. The molecule has 1 aromatic heterocycles. The largest absolute Gasteiger partial charge is 0.416 e. The first-order valence-corrected chi connectivity index (χ1v) is 9.17. The van der Waals surface area contributed by atoms with E-state index in [4.69, 9.17) is 0 Å². The third-order valence-electron chi connectivity index (χ3n) is 3.41. The Morgan fingerprint density at radius 2 is 1.62 bits per heavy atom. The Morgan fingerprint density at radius 3 is 2.23 bits per heavy atom. The van der Waals surface area contributed by atoms with Gasteiger partial charge in [0.2, 0.25) is 0 Å². The van der Waals surface area contributed by atoms with Gasteiger partial charge in [-0.3, -0.25) is 4.79 Å². The minimum absolute atomic E-state index is 0.152. The molecule has 0 saturated carbocycles. The number of hydrogen-bond acceptors (Lipinski definition) is 4. The molecular weight excluding hydrogens is 381 g/mol. The Bertz CT molecular complexity index is 878. The number of rotatable bonds is 5. The van der Waals surface area contributed by atoms with Gasteiger partial charge in [0.1, 0.15) is 0 Å². The van der Waals surface area contributed by atoms with Crippen LogP contribution in [-0.4, -0.2) is 5.91 Å². The number of halogens is 3. The summed E-state index contributed by atoms with van der Waals surface area (Å²) in [5.41, 5.74) is 0.606. The molecule has 3 rings (SSSR count). The van der Waals surface area contributed by atoms with Crippen LogP contribution in [0.1, 0.15) is 15.9 Å². The molecule has 3 aromatic rings. The van der Waals surface area contributed by atoms with Crippen LogP contribution in [0.3, 0.4) is 0 Å². The van der Waals surface area contributed by atoms with Crippen molar-refractivity contribution in [2.24, 2.45) is 0 Å². The number of para-hydroxylation sites is 2. The topological polar surface area (TPSA) is 41.1 Å². The first-order chi connectivity index (χ1) is 12.4. The van der Waals surface area contributed by atoms with Crippen LogP contribution in [0, 0.1) is 0 Å². The molecule has 2 aromatic carbocycles. The van der Waals surface area contributed by atoms with Crippen molar-refractivity contribution in [3.8, 4) is 0 Å². The highest BCUT2D eigenvalue weighted by atomic mass is 32.2. The number of benzene rings is 2. The molecule has 0 saturated heterocycles. The lowest BCUT2D eigenvalue weighted by molar-refractivity contribution is -0.137. The van der Waals surface area contributed by atoms with Crippen LogP contribution in [0.15, 0.2) is 70.3 Å². The molecule has 0 aliphatic carbocycles. The monoisotopic (exact) mass is 394 g/mol. The van der Waals surface area contributed by atoms with E-state index in [0.717, 1.165) is 28.5 Å². The molecule has 1 heterocycles. The minimum Gasteiger partial charge on any atom is -0.323 e. The minimum atomic E-state index is -4.43. The first-order valence-electron chi connectivity index (χ1n) is 7.47. The number of hydrogen-bond donors (Lipinski definition) is 2. The molecular formula is C18H13F3N2OS2. The summed E-state index contributed by atoms with van der Waals surface area (Å²) in [7, 11) is 0. The summed E-state index contributed by atoms with van der Waals surface area (Å²) in [6.07, 6.45) is -4.43. The number of anilines is 2. The van der Waals surface area contributed by atoms with Crippen molar-refractivity contribution in [1.29, 1.82) is 0 Å². The van der Waals surface area contributed by atoms with Crippen molar-refractivity contribution < 1.29 is 18.0 Å². The first kappa shape index (κ1) is 18.3. The van der Waals surface area contributed by atoms with Crippen molar-refractivity contribution in [3.63, 3.8) is 0 Å². The summed E-state index contributed by atoms with van der Waals surface area (Å²) < 4.78 is 42.1. The maximum atomic E-state index is 12.6. The maximum Gasteiger partial charge on any atom is 0.416 e. The van der Waals surface area contributed by atoms with E-state index >= 15 is 0 Å². The molecule has 8 heteroatoms. The number of thiophene rings is 1. The van der Waals surface area contributed by atoms with Crippen LogP contribution in [0.25, 0.3) is 0 Å². The molecule has 2 N–H and O–H groups in total. The van der Waals surface area contributed by atoms with Crippen molar-refractivity contribution in [2.75, 3.05) is 10.0 Å². The molecule has 134 valence electrons. The van der Waals surface area contributed by atoms with Crippen molar-refractivity contribution >= 4 is 40.6 Å². The van der Waals surface area contributed by atoms with E-state index in [0.29, 0.717) is 11.4 Å². The van der Waals surface area contributed by atoms with Crippen molar-refractivity contribution in [2.45, 2.75) is 10.4 Å². The van der Waals surface area contributed by atoms with Gasteiger partial charge in [0.15, 0.2) is 0 Å². The van der Waals surface area contributed by atoms with Gasteiger partial charge in [0.05, 0.1) is 21.1 Å². The number of nitrogens with one attached hydrogen (secondary N) is 2. The molecule has 3 nitrogen and oxygen atoms in total. The fourth-order valence-electron chi connectivity index (χ4n) is 2.11. The van der Waals surface area contributed by atoms with E-state index in [1.165, 1.54) is 11.9 Å². The zero-order chi connectivity index (χ0) is 18.6. The van der Waals surface area contributed by atoms with E-state index in [1.807, 2.05) is 29.6 Å². The smallest absolute Gasteiger partial charge is 0.323 e. The summed E-state index contributed by atoms with van der Waals surface area (Å²) in [5.74, 6) is -0.478. The molecule has 0 bridgehead atoms. The van der Waals surface area contributed by atoms with Gasteiger partial charge in [-0.05, 0) is 59.8 Å². The fourth-order valence-corrected chi connectivity index (χ4v) is 3.58. The number of alkyl halides is 3. The molecule has 0 aliphatic heterocycles. The zero-order valence-corrected chi connectivity index (χ0v) is 14.8. The highest BCUT2D eigenvalue weighted by Crippen LogP contribution is 2.31. The van der Waals surface area contributed by atoms with E-state index in [2.05, 4.69) is 10.0 Å². The molecule has 0 aliphatic rings. The van der Waals surface area contributed by atoms with Crippen LogP contribution in [0.5, 0.6) is 0 Å². The van der Waals surface area contributed by atoms with E-state index < -0.39 is 17.6 Å². The average Bonchev–Trinajstić information content (AvgIpc) is 3.14. The second-order valence-corrected chi connectivity index (χ2v) is 7.27. The average molecular weight is 394 g/mol. The van der Waals surface area contributed by atoms with E-state index in [9.17, 15) is 18.0 Å². The lowest BCUT2D eigenvalue weighted by Gasteiger charge is -2.12. The molecule has 0 unspecified atom stereocenters. The summed E-state index contributed by atoms with van der Waals surface area (Å²) in [6, 6.07) is 15.1. The van der Waals surface area contributed by atoms with Crippen LogP contribution in [-0.2, 0) is 6.18 Å². The summed E-state index contributed by atoms with van der Waals surface area (Å²) in [5, 5.41) is 4.68. The fraction of sp³-hybridized carbons (Fsp3) is 0.0556. The highest BCUT2D eigenvalue weighted by molar-refractivity contribution is 8.02. The van der Waals surface area contributed by atoms with Gasteiger partial charge < -0.3 is 10.0 Å². The Balaban J connectivity index is 1.71. The van der Waals surface area contributed by atoms with Gasteiger partial charge in [0, 0.05) is 5.56 Å². The maximum absolute atomic E-state index is 12.6. The molecule has 0 fully saturated rings. The number of carbonyl (C=O) groups excluding carboxylic acids is 1. The van der Waals surface area contributed by atoms with Crippen molar-refractivity contribution in [1.82, 2.24) is 0 Å². The van der Waals surface area contributed by atoms with E-state index in [-0.39, 0.29) is 5.56 Å². The van der Waals surface area contributed by atoms with Crippen molar-refractivity contribution in [3.05, 3.63) is 77.2 Å². The number of carbonyl (C=O) groups is 1. The molecule has 1 amide bonds. The standard InChI is InChI=1S/C18H13F3N2OS2/c19-18(20,21)13-9-7-12(8-10-13)17(24)22-14-4-1-2-5-15(14)23-26-16-6-3-11-25-16/h1-11,23H,(H,22,24). The molecule has 26 heavy (non-hydrogen) atoms. The normalized spacial score (nSPS) is 11.2. The van der Waals surface area contributed by atoms with Crippen LogP contribution >= 0.6 is 23.3 Å². The zero-order valence-electron chi connectivity index (χ0n) is 13.2. The Labute approximate surface area is 156 Å². The third-order valence-corrected chi connectivity index (χ3v) is 5.27. The third kappa shape index (κ3) is 4.59. The molecule has 0 spiro atoms. The predicted octanol–water partition coefficient (Wildman–Crippen LogP) is 6.14. The highest BCUT2D eigenvalue weighted by Gasteiger charge is 2.30. The van der Waals surface area contributed by atoms with Gasteiger partial charge in [-0.2, -0.15) is 13.2 Å². The van der Waals surface area contributed by atoms with E-state index in [1.54, 1.807) is 23.5 Å². The van der Waals surface area contributed by atoms with Gasteiger partial charge in [-0.15, -0.1) is 11.3 Å². The lowest BCUT2D eigenvalue weighted by atomic mass is 10.1. The van der Waals surface area contributed by atoms with Gasteiger partial charge in [-0.25, -0.2) is 0 Å². The van der Waals surface area contributed by atoms with Crippen LogP contribution < -0.4 is 10.0 Å². The molecule has 0 atom stereocenters. The Morgan fingerprint density at radius 1 is 0.923 bits per heavy atom. The predicted molar refractivity (Wildman–Crippen MR) is 99.6 cm³/mol. The second-order valence-electron chi connectivity index (χ2n) is 5.21.